The Morgan fingerprint density at radius 3 is 2.94 bits per heavy atom. The lowest BCUT2D eigenvalue weighted by molar-refractivity contribution is 0.0983. The third kappa shape index (κ3) is 3.59. The molecule has 1 aromatic rings. The fourth-order valence-corrected chi connectivity index (χ4v) is 1.37. The Balaban J connectivity index is 2.52. The second-order valence-corrected chi connectivity index (χ2v) is 3.63. The normalized spacial score (nSPS) is 10.1. The SMILES string of the molecule is C=CCNCCC(=O)c1ccc(F)c(C)c1. The van der Waals surface area contributed by atoms with Gasteiger partial charge >= 0.3 is 0 Å². The summed E-state index contributed by atoms with van der Waals surface area (Å²) in [6.07, 6.45) is 2.16. The Kier molecular flexibility index (Phi) is 4.86. The van der Waals surface area contributed by atoms with E-state index < -0.39 is 0 Å². The first kappa shape index (κ1) is 12.6. The molecule has 0 saturated heterocycles. The predicted octanol–water partition coefficient (Wildman–Crippen LogP) is 2.48. The maximum absolute atomic E-state index is 13.0. The van der Waals surface area contributed by atoms with Crippen LogP contribution in [0.4, 0.5) is 4.39 Å². The molecule has 2 nitrogen and oxygen atoms in total. The second-order valence-electron chi connectivity index (χ2n) is 3.63. The van der Waals surface area contributed by atoms with Crippen molar-refractivity contribution in [2.24, 2.45) is 0 Å². The molecule has 0 atom stereocenters. The van der Waals surface area contributed by atoms with Crippen LogP contribution >= 0.6 is 0 Å². The molecule has 0 unspecified atom stereocenters. The van der Waals surface area contributed by atoms with E-state index in [-0.39, 0.29) is 11.6 Å². The summed E-state index contributed by atoms with van der Waals surface area (Å²) in [5.74, 6) is -0.249. The highest BCUT2D eigenvalue weighted by atomic mass is 19.1. The largest absolute Gasteiger partial charge is 0.313 e. The van der Waals surface area contributed by atoms with Gasteiger partial charge in [0.15, 0.2) is 5.78 Å². The van der Waals surface area contributed by atoms with Crippen LogP contribution in [-0.4, -0.2) is 18.9 Å². The number of hydrogen-bond acceptors (Lipinski definition) is 2. The summed E-state index contributed by atoms with van der Waals surface area (Å²) in [5.41, 5.74) is 1.07. The molecule has 86 valence electrons. The number of carbonyl (C=O) groups is 1. The zero-order valence-corrected chi connectivity index (χ0v) is 9.42. The molecule has 1 aromatic carbocycles. The molecule has 1 rings (SSSR count). The van der Waals surface area contributed by atoms with E-state index in [1.165, 1.54) is 12.1 Å². The summed E-state index contributed by atoms with van der Waals surface area (Å²) in [5, 5.41) is 3.05. The smallest absolute Gasteiger partial charge is 0.164 e. The Morgan fingerprint density at radius 1 is 1.56 bits per heavy atom. The van der Waals surface area contributed by atoms with Crippen LogP contribution in [0.25, 0.3) is 0 Å². The topological polar surface area (TPSA) is 29.1 Å². The summed E-state index contributed by atoms with van der Waals surface area (Å²) < 4.78 is 13.0. The third-order valence-corrected chi connectivity index (χ3v) is 2.30. The van der Waals surface area contributed by atoms with E-state index in [1.807, 2.05) is 0 Å². The predicted molar refractivity (Wildman–Crippen MR) is 63.2 cm³/mol. The zero-order valence-electron chi connectivity index (χ0n) is 9.42. The Labute approximate surface area is 95.2 Å². The number of aryl methyl sites for hydroxylation is 1. The van der Waals surface area contributed by atoms with Crippen molar-refractivity contribution >= 4 is 5.78 Å². The molecule has 0 amide bonds. The van der Waals surface area contributed by atoms with Crippen LogP contribution < -0.4 is 5.32 Å². The average Bonchev–Trinajstić information content (AvgIpc) is 2.28. The van der Waals surface area contributed by atoms with Gasteiger partial charge in [0.1, 0.15) is 5.82 Å². The summed E-state index contributed by atoms with van der Waals surface area (Å²) in [6, 6.07) is 4.45. The Morgan fingerprint density at radius 2 is 2.31 bits per heavy atom. The molecule has 0 aliphatic rings. The molecule has 0 aliphatic heterocycles. The molecule has 0 saturated carbocycles. The first-order valence-electron chi connectivity index (χ1n) is 5.26. The number of carbonyl (C=O) groups excluding carboxylic acids is 1. The van der Waals surface area contributed by atoms with Crippen molar-refractivity contribution in [3.05, 3.63) is 47.8 Å². The minimum Gasteiger partial charge on any atom is -0.313 e. The minimum absolute atomic E-state index is 0.0275. The number of hydrogen-bond donors (Lipinski definition) is 1. The van der Waals surface area contributed by atoms with Gasteiger partial charge in [-0.15, -0.1) is 6.58 Å². The molecule has 1 N–H and O–H groups in total. The lowest BCUT2D eigenvalue weighted by Crippen LogP contribution is -2.18. The van der Waals surface area contributed by atoms with Crippen LogP contribution in [0.5, 0.6) is 0 Å². The van der Waals surface area contributed by atoms with Gasteiger partial charge in [0, 0.05) is 25.1 Å². The first-order valence-corrected chi connectivity index (χ1v) is 5.26. The summed E-state index contributed by atoms with van der Waals surface area (Å²) in [4.78, 5) is 11.7. The number of rotatable bonds is 6. The lowest BCUT2D eigenvalue weighted by atomic mass is 10.1. The molecular weight excluding hydrogens is 205 g/mol. The van der Waals surface area contributed by atoms with Gasteiger partial charge in [-0.1, -0.05) is 6.08 Å². The summed E-state index contributed by atoms with van der Waals surface area (Å²) >= 11 is 0. The lowest BCUT2D eigenvalue weighted by Gasteiger charge is -2.03. The van der Waals surface area contributed by atoms with Crippen LogP contribution in [0, 0.1) is 12.7 Å². The van der Waals surface area contributed by atoms with E-state index in [2.05, 4.69) is 11.9 Å². The number of halogens is 1. The van der Waals surface area contributed by atoms with Gasteiger partial charge in [0.05, 0.1) is 0 Å². The first-order chi connectivity index (χ1) is 7.65. The van der Waals surface area contributed by atoms with Gasteiger partial charge < -0.3 is 5.32 Å². The van der Waals surface area contributed by atoms with Gasteiger partial charge in [-0.05, 0) is 30.7 Å². The van der Waals surface area contributed by atoms with E-state index in [4.69, 9.17) is 0 Å². The molecule has 3 heteroatoms. The second kappa shape index (κ2) is 6.18. The molecule has 0 spiro atoms. The molecule has 0 radical (unpaired) electrons. The number of Topliss-reactive ketones (excluding diaryl/α,β-unsaturated/α-hetero) is 1. The Hall–Kier alpha value is -1.48. The minimum atomic E-state index is -0.277. The van der Waals surface area contributed by atoms with Crippen LogP contribution in [0.2, 0.25) is 0 Å². The monoisotopic (exact) mass is 221 g/mol. The third-order valence-electron chi connectivity index (χ3n) is 2.30. The van der Waals surface area contributed by atoms with Crippen LogP contribution in [0.15, 0.2) is 30.9 Å². The van der Waals surface area contributed by atoms with E-state index >= 15 is 0 Å². The van der Waals surface area contributed by atoms with Crippen molar-refractivity contribution in [3.63, 3.8) is 0 Å². The molecule has 0 bridgehead atoms. The van der Waals surface area contributed by atoms with Crippen molar-refractivity contribution in [1.82, 2.24) is 5.32 Å². The quantitative estimate of drug-likeness (QED) is 0.454. The van der Waals surface area contributed by atoms with E-state index in [9.17, 15) is 9.18 Å². The van der Waals surface area contributed by atoms with E-state index in [0.29, 0.717) is 30.6 Å². The number of nitrogens with one attached hydrogen (secondary N) is 1. The van der Waals surface area contributed by atoms with Crippen molar-refractivity contribution < 1.29 is 9.18 Å². The molecular formula is C13H16FNO. The van der Waals surface area contributed by atoms with Gasteiger partial charge in [-0.25, -0.2) is 4.39 Å². The van der Waals surface area contributed by atoms with E-state index in [0.717, 1.165) is 0 Å². The van der Waals surface area contributed by atoms with Gasteiger partial charge in [-0.2, -0.15) is 0 Å². The molecule has 0 aliphatic carbocycles. The van der Waals surface area contributed by atoms with Crippen molar-refractivity contribution in [2.75, 3.05) is 13.1 Å². The highest BCUT2D eigenvalue weighted by molar-refractivity contribution is 5.96. The van der Waals surface area contributed by atoms with Crippen molar-refractivity contribution in [3.8, 4) is 0 Å². The van der Waals surface area contributed by atoms with Crippen LogP contribution in [0.1, 0.15) is 22.3 Å². The van der Waals surface area contributed by atoms with Gasteiger partial charge in [-0.3, -0.25) is 4.79 Å². The Bertz CT molecular complexity index is 388. The summed E-state index contributed by atoms with van der Waals surface area (Å²) in [7, 11) is 0. The van der Waals surface area contributed by atoms with Crippen molar-refractivity contribution in [2.45, 2.75) is 13.3 Å². The van der Waals surface area contributed by atoms with Crippen LogP contribution in [-0.2, 0) is 0 Å². The number of ketones is 1. The zero-order chi connectivity index (χ0) is 12.0. The van der Waals surface area contributed by atoms with Crippen LogP contribution in [0.3, 0.4) is 0 Å². The maximum Gasteiger partial charge on any atom is 0.164 e. The highest BCUT2D eigenvalue weighted by Crippen LogP contribution is 2.10. The average molecular weight is 221 g/mol. The standard InChI is InChI=1S/C13H16FNO/c1-3-7-15-8-6-13(16)11-4-5-12(14)10(2)9-11/h3-5,9,15H,1,6-8H2,2H3. The fraction of sp³-hybridized carbons (Fsp3) is 0.308. The summed E-state index contributed by atoms with van der Waals surface area (Å²) in [6.45, 7) is 6.53. The maximum atomic E-state index is 13.0. The van der Waals surface area contributed by atoms with Gasteiger partial charge in [0.25, 0.3) is 0 Å². The fourth-order valence-electron chi connectivity index (χ4n) is 1.37. The van der Waals surface area contributed by atoms with E-state index in [1.54, 1.807) is 19.1 Å². The molecule has 0 fully saturated rings. The number of benzene rings is 1. The molecule has 0 heterocycles. The van der Waals surface area contributed by atoms with Gasteiger partial charge in [0.2, 0.25) is 0 Å². The molecule has 16 heavy (non-hydrogen) atoms. The molecule has 0 aromatic heterocycles. The highest BCUT2D eigenvalue weighted by Gasteiger charge is 2.07. The van der Waals surface area contributed by atoms with Crippen molar-refractivity contribution in [1.29, 1.82) is 0 Å².